The molecule has 29 heavy (non-hydrogen) atoms. The zero-order valence-corrected chi connectivity index (χ0v) is 18.2. The highest BCUT2D eigenvalue weighted by Gasteiger charge is 2.26. The summed E-state index contributed by atoms with van der Waals surface area (Å²) in [4.78, 5) is 17.0. The van der Waals surface area contributed by atoms with Gasteiger partial charge in [-0.05, 0) is 32.9 Å². The predicted octanol–water partition coefficient (Wildman–Crippen LogP) is 1.57. The van der Waals surface area contributed by atoms with Crippen LogP contribution in [0.15, 0.2) is 24.3 Å². The minimum absolute atomic E-state index is 0.0202. The molecule has 0 spiro atoms. The Balaban J connectivity index is 1.93. The number of amides is 1. The van der Waals surface area contributed by atoms with Crippen LogP contribution in [-0.4, -0.2) is 98.8 Å². The van der Waals surface area contributed by atoms with Crippen molar-refractivity contribution in [3.8, 4) is 0 Å². The van der Waals surface area contributed by atoms with E-state index in [1.54, 1.807) is 12.0 Å². The van der Waals surface area contributed by atoms with Crippen LogP contribution in [0.1, 0.15) is 29.8 Å². The van der Waals surface area contributed by atoms with E-state index in [4.69, 9.17) is 14.2 Å². The number of aliphatic hydroxyl groups is 1. The van der Waals surface area contributed by atoms with Gasteiger partial charge in [0.2, 0.25) is 0 Å². The van der Waals surface area contributed by atoms with E-state index < -0.39 is 6.10 Å². The summed E-state index contributed by atoms with van der Waals surface area (Å²) >= 11 is 0. The number of morpholine rings is 1. The Kier molecular flexibility index (Phi) is 10.0. The molecule has 2 atom stereocenters. The van der Waals surface area contributed by atoms with Crippen molar-refractivity contribution < 1.29 is 24.1 Å². The maximum atomic E-state index is 13.0. The topological polar surface area (TPSA) is 71.5 Å². The standard InChI is InChI=1S/C22H36N2O5/c1-17(2)29-16-20(25)13-23-9-12-28-21(14-23)15-24(10-11-27-4)22(26)19-7-5-18(3)6-8-19/h5-8,17,20-21,25H,9-16H2,1-4H3/t20-,21+/m0/s1. The molecule has 1 N–H and O–H groups in total. The van der Waals surface area contributed by atoms with Crippen molar-refractivity contribution in [3.05, 3.63) is 35.4 Å². The van der Waals surface area contributed by atoms with Gasteiger partial charge >= 0.3 is 0 Å². The first-order valence-corrected chi connectivity index (χ1v) is 10.4. The highest BCUT2D eigenvalue weighted by atomic mass is 16.5. The summed E-state index contributed by atoms with van der Waals surface area (Å²) in [7, 11) is 1.63. The first-order valence-electron chi connectivity index (χ1n) is 10.4. The van der Waals surface area contributed by atoms with Crippen molar-refractivity contribution in [2.75, 3.05) is 59.7 Å². The normalized spacial score (nSPS) is 18.8. The number of β-amino-alcohol motifs (C(OH)–C–C–N with tert-alkyl or cyclic N) is 1. The Morgan fingerprint density at radius 1 is 1.34 bits per heavy atom. The van der Waals surface area contributed by atoms with E-state index in [1.165, 1.54) is 0 Å². The second-order valence-electron chi connectivity index (χ2n) is 7.90. The van der Waals surface area contributed by atoms with Gasteiger partial charge in [0.15, 0.2) is 0 Å². The molecule has 1 aliphatic rings. The Labute approximate surface area is 174 Å². The van der Waals surface area contributed by atoms with E-state index >= 15 is 0 Å². The van der Waals surface area contributed by atoms with Crippen LogP contribution in [0.2, 0.25) is 0 Å². The van der Waals surface area contributed by atoms with Crippen molar-refractivity contribution in [2.24, 2.45) is 0 Å². The van der Waals surface area contributed by atoms with Crippen molar-refractivity contribution in [1.29, 1.82) is 0 Å². The minimum atomic E-state index is -0.532. The third kappa shape index (κ3) is 8.40. The third-order valence-electron chi connectivity index (χ3n) is 4.89. The summed E-state index contributed by atoms with van der Waals surface area (Å²) in [5, 5.41) is 10.2. The molecule has 0 saturated carbocycles. The lowest BCUT2D eigenvalue weighted by Crippen LogP contribution is -2.51. The van der Waals surface area contributed by atoms with Crippen LogP contribution in [0.4, 0.5) is 0 Å². The Morgan fingerprint density at radius 3 is 2.72 bits per heavy atom. The van der Waals surface area contributed by atoms with Crippen molar-refractivity contribution in [1.82, 2.24) is 9.80 Å². The summed E-state index contributed by atoms with van der Waals surface area (Å²) in [5.41, 5.74) is 1.79. The number of carbonyl (C=O) groups excluding carboxylic acids is 1. The van der Waals surface area contributed by atoms with Gasteiger partial charge in [-0.1, -0.05) is 17.7 Å². The average Bonchev–Trinajstić information content (AvgIpc) is 2.70. The number of ether oxygens (including phenoxy) is 3. The Bertz CT molecular complexity index is 608. The Hall–Kier alpha value is -1.51. The van der Waals surface area contributed by atoms with E-state index in [0.717, 1.165) is 12.1 Å². The van der Waals surface area contributed by atoms with Crippen LogP contribution in [0.3, 0.4) is 0 Å². The summed E-state index contributed by atoms with van der Waals surface area (Å²) < 4.78 is 16.6. The molecular weight excluding hydrogens is 372 g/mol. The maximum Gasteiger partial charge on any atom is 0.254 e. The monoisotopic (exact) mass is 408 g/mol. The van der Waals surface area contributed by atoms with Gasteiger partial charge in [-0.25, -0.2) is 0 Å². The van der Waals surface area contributed by atoms with Crippen molar-refractivity contribution in [3.63, 3.8) is 0 Å². The van der Waals surface area contributed by atoms with E-state index in [1.807, 2.05) is 45.0 Å². The van der Waals surface area contributed by atoms with Gasteiger partial charge < -0.3 is 24.2 Å². The van der Waals surface area contributed by atoms with E-state index in [-0.39, 0.29) is 18.1 Å². The molecule has 1 heterocycles. The lowest BCUT2D eigenvalue weighted by molar-refractivity contribution is -0.0634. The predicted molar refractivity (Wildman–Crippen MR) is 112 cm³/mol. The molecular formula is C22H36N2O5. The van der Waals surface area contributed by atoms with Gasteiger partial charge in [-0.2, -0.15) is 0 Å². The van der Waals surface area contributed by atoms with E-state index in [9.17, 15) is 9.90 Å². The van der Waals surface area contributed by atoms with Crippen molar-refractivity contribution >= 4 is 5.91 Å². The van der Waals surface area contributed by atoms with Crippen molar-refractivity contribution in [2.45, 2.75) is 39.1 Å². The van der Waals surface area contributed by atoms with Crippen LogP contribution in [0.25, 0.3) is 0 Å². The summed E-state index contributed by atoms with van der Waals surface area (Å²) in [6.45, 7) is 10.3. The van der Waals surface area contributed by atoms with Gasteiger partial charge in [0.1, 0.15) is 0 Å². The third-order valence-corrected chi connectivity index (χ3v) is 4.89. The van der Waals surface area contributed by atoms with Crippen LogP contribution < -0.4 is 0 Å². The highest BCUT2D eigenvalue weighted by molar-refractivity contribution is 5.94. The number of hydrogen-bond donors (Lipinski definition) is 1. The molecule has 1 amide bonds. The maximum absolute atomic E-state index is 13.0. The van der Waals surface area contributed by atoms with Gasteiger partial charge in [-0.3, -0.25) is 9.69 Å². The second-order valence-corrected chi connectivity index (χ2v) is 7.90. The summed E-state index contributed by atoms with van der Waals surface area (Å²) in [6.07, 6.45) is -0.535. The van der Waals surface area contributed by atoms with Crippen LogP contribution in [0, 0.1) is 6.92 Å². The van der Waals surface area contributed by atoms with Gasteiger partial charge in [0.05, 0.1) is 38.1 Å². The molecule has 0 unspecified atom stereocenters. The fourth-order valence-corrected chi connectivity index (χ4v) is 3.31. The number of hydrogen-bond acceptors (Lipinski definition) is 6. The zero-order chi connectivity index (χ0) is 21.2. The molecule has 1 fully saturated rings. The molecule has 1 aliphatic heterocycles. The number of methoxy groups -OCH3 is 1. The van der Waals surface area contributed by atoms with Gasteiger partial charge in [0.25, 0.3) is 5.91 Å². The molecule has 0 aliphatic carbocycles. The Morgan fingerprint density at radius 2 is 2.07 bits per heavy atom. The SMILES string of the molecule is COCCN(C[C@H]1CN(C[C@H](O)COC(C)C)CCO1)C(=O)c1ccc(C)cc1. The largest absolute Gasteiger partial charge is 0.389 e. The second kappa shape index (κ2) is 12.2. The number of aliphatic hydroxyl groups excluding tert-OH is 1. The van der Waals surface area contributed by atoms with Crippen LogP contribution >= 0.6 is 0 Å². The minimum Gasteiger partial charge on any atom is -0.389 e. The molecule has 7 heteroatoms. The summed E-state index contributed by atoms with van der Waals surface area (Å²) in [6, 6.07) is 7.61. The first kappa shape index (κ1) is 23.8. The molecule has 1 saturated heterocycles. The number of aryl methyl sites for hydroxylation is 1. The first-order chi connectivity index (χ1) is 13.9. The van der Waals surface area contributed by atoms with Crippen LogP contribution in [0.5, 0.6) is 0 Å². The number of rotatable bonds is 11. The number of benzene rings is 1. The molecule has 0 bridgehead atoms. The average molecular weight is 409 g/mol. The fraction of sp³-hybridized carbons (Fsp3) is 0.682. The molecule has 2 rings (SSSR count). The smallest absolute Gasteiger partial charge is 0.254 e. The lowest BCUT2D eigenvalue weighted by atomic mass is 10.1. The molecule has 1 aromatic rings. The van der Waals surface area contributed by atoms with Gasteiger partial charge in [0, 0.05) is 45.4 Å². The summed E-state index contributed by atoms with van der Waals surface area (Å²) in [5.74, 6) is -0.0202. The number of nitrogens with zero attached hydrogens (tertiary/aromatic N) is 2. The highest BCUT2D eigenvalue weighted by Crippen LogP contribution is 2.12. The fourth-order valence-electron chi connectivity index (χ4n) is 3.31. The molecule has 1 aromatic carbocycles. The molecule has 164 valence electrons. The zero-order valence-electron chi connectivity index (χ0n) is 18.2. The van der Waals surface area contributed by atoms with Crippen LogP contribution in [-0.2, 0) is 14.2 Å². The molecule has 0 aromatic heterocycles. The van der Waals surface area contributed by atoms with E-state index in [0.29, 0.717) is 51.6 Å². The van der Waals surface area contributed by atoms with Gasteiger partial charge in [-0.15, -0.1) is 0 Å². The number of carbonyl (C=O) groups is 1. The molecule has 0 radical (unpaired) electrons. The van der Waals surface area contributed by atoms with E-state index in [2.05, 4.69) is 4.90 Å². The lowest BCUT2D eigenvalue weighted by Gasteiger charge is -2.36. The molecule has 7 nitrogen and oxygen atoms in total. The quantitative estimate of drug-likeness (QED) is 0.599.